The summed E-state index contributed by atoms with van der Waals surface area (Å²) in [7, 11) is -3.42. The molecule has 0 spiro atoms. The highest BCUT2D eigenvalue weighted by Crippen LogP contribution is 2.25. The molecule has 1 aliphatic rings. The molecule has 120 valence electrons. The van der Waals surface area contributed by atoms with Crippen LogP contribution in [0.15, 0.2) is 17.2 Å². The van der Waals surface area contributed by atoms with Crippen LogP contribution in [0.5, 0.6) is 0 Å². The monoisotopic (exact) mass is 313 g/mol. The van der Waals surface area contributed by atoms with Crippen LogP contribution in [0, 0.1) is 5.92 Å². The van der Waals surface area contributed by atoms with Gasteiger partial charge in [-0.3, -0.25) is 0 Å². The summed E-state index contributed by atoms with van der Waals surface area (Å²) in [6.45, 7) is 6.90. The van der Waals surface area contributed by atoms with E-state index in [9.17, 15) is 8.42 Å². The normalized spacial score (nSPS) is 23.6. The van der Waals surface area contributed by atoms with Gasteiger partial charge < -0.3 is 10.3 Å². The Labute approximate surface area is 128 Å². The molecule has 1 aromatic heterocycles. The maximum atomic E-state index is 12.4. The van der Waals surface area contributed by atoms with Crippen molar-refractivity contribution in [2.24, 2.45) is 5.92 Å². The first-order valence-electron chi connectivity index (χ1n) is 7.81. The van der Waals surface area contributed by atoms with Gasteiger partial charge in [-0.25, -0.2) is 13.1 Å². The van der Waals surface area contributed by atoms with Crippen LogP contribution < -0.4 is 10.0 Å². The van der Waals surface area contributed by atoms with Gasteiger partial charge in [0.2, 0.25) is 10.0 Å². The van der Waals surface area contributed by atoms with Crippen LogP contribution in [-0.2, 0) is 16.6 Å². The van der Waals surface area contributed by atoms with Gasteiger partial charge in [-0.15, -0.1) is 0 Å². The van der Waals surface area contributed by atoms with Crippen molar-refractivity contribution in [3.8, 4) is 0 Å². The molecule has 1 fully saturated rings. The Hall–Kier alpha value is -0.850. The molecule has 2 unspecified atom stereocenters. The molecule has 21 heavy (non-hydrogen) atoms. The summed E-state index contributed by atoms with van der Waals surface area (Å²) in [5, 5.41) is 3.27. The number of aromatic nitrogens is 1. The highest BCUT2D eigenvalue weighted by Gasteiger charge is 2.27. The van der Waals surface area contributed by atoms with Crippen LogP contribution in [0.3, 0.4) is 0 Å². The average molecular weight is 313 g/mol. The zero-order valence-corrected chi connectivity index (χ0v) is 14.0. The summed E-state index contributed by atoms with van der Waals surface area (Å²) in [6.07, 6.45) is 5.92. The minimum Gasteiger partial charge on any atom is -0.363 e. The van der Waals surface area contributed by atoms with Crippen molar-refractivity contribution in [1.29, 1.82) is 0 Å². The molecule has 1 aliphatic carbocycles. The van der Waals surface area contributed by atoms with Gasteiger partial charge in [0, 0.05) is 30.5 Å². The van der Waals surface area contributed by atoms with Crippen LogP contribution >= 0.6 is 0 Å². The molecule has 3 N–H and O–H groups in total. The Morgan fingerprint density at radius 2 is 2.05 bits per heavy atom. The number of rotatable bonds is 6. The summed E-state index contributed by atoms with van der Waals surface area (Å²) >= 11 is 0. The fourth-order valence-corrected chi connectivity index (χ4v) is 4.15. The number of sulfonamides is 1. The summed E-state index contributed by atoms with van der Waals surface area (Å²) < 4.78 is 27.8. The fourth-order valence-electron chi connectivity index (χ4n) is 2.75. The molecular formula is C15H27N3O2S. The molecule has 2 rings (SSSR count). The number of aromatic amines is 1. The molecule has 0 amide bonds. The number of H-pyrrole nitrogens is 1. The second-order valence-electron chi connectivity index (χ2n) is 6.39. The van der Waals surface area contributed by atoms with Crippen LogP contribution in [0.1, 0.15) is 52.1 Å². The zero-order chi connectivity index (χ0) is 15.5. The van der Waals surface area contributed by atoms with E-state index >= 15 is 0 Å². The van der Waals surface area contributed by atoms with Gasteiger partial charge in [0.1, 0.15) is 0 Å². The van der Waals surface area contributed by atoms with Crippen LogP contribution in [0.2, 0.25) is 0 Å². The molecule has 0 aliphatic heterocycles. The standard InChI is InChI=1S/C15H27N3O2S/c1-11(2)16-9-13-8-14(10-17-13)21(19,20)18-15-7-5-4-6-12(15)3/h8,10-12,15-18H,4-7,9H2,1-3H3. The van der Waals surface area contributed by atoms with Crippen molar-refractivity contribution in [3.05, 3.63) is 18.0 Å². The predicted molar refractivity (Wildman–Crippen MR) is 84.5 cm³/mol. The van der Waals surface area contributed by atoms with Crippen molar-refractivity contribution in [1.82, 2.24) is 15.0 Å². The molecule has 1 saturated carbocycles. The van der Waals surface area contributed by atoms with E-state index in [0.29, 0.717) is 23.4 Å². The zero-order valence-electron chi connectivity index (χ0n) is 13.1. The summed E-state index contributed by atoms with van der Waals surface area (Å²) in [5.74, 6) is 0.412. The average Bonchev–Trinajstić information content (AvgIpc) is 2.88. The fraction of sp³-hybridized carbons (Fsp3) is 0.733. The van der Waals surface area contributed by atoms with Crippen molar-refractivity contribution in [2.45, 2.75) is 70.0 Å². The van der Waals surface area contributed by atoms with Gasteiger partial charge in [0.05, 0.1) is 4.90 Å². The first-order valence-corrected chi connectivity index (χ1v) is 9.30. The van der Waals surface area contributed by atoms with Crippen molar-refractivity contribution >= 4 is 10.0 Å². The van der Waals surface area contributed by atoms with E-state index in [1.54, 1.807) is 12.3 Å². The Morgan fingerprint density at radius 1 is 1.33 bits per heavy atom. The van der Waals surface area contributed by atoms with E-state index < -0.39 is 10.0 Å². The third kappa shape index (κ3) is 4.56. The second-order valence-corrected chi connectivity index (χ2v) is 8.10. The Morgan fingerprint density at radius 3 is 2.71 bits per heavy atom. The molecule has 0 bridgehead atoms. The topological polar surface area (TPSA) is 74.0 Å². The van der Waals surface area contributed by atoms with E-state index in [-0.39, 0.29) is 6.04 Å². The molecule has 2 atom stereocenters. The summed E-state index contributed by atoms with van der Waals surface area (Å²) in [5.41, 5.74) is 0.890. The number of hydrogen-bond acceptors (Lipinski definition) is 3. The maximum Gasteiger partial charge on any atom is 0.242 e. The SMILES string of the molecule is CC(C)NCc1cc(S(=O)(=O)NC2CCCCC2C)c[nH]1. The van der Waals surface area contributed by atoms with Crippen molar-refractivity contribution in [2.75, 3.05) is 0 Å². The molecule has 0 aromatic carbocycles. The minimum absolute atomic E-state index is 0.0656. The molecule has 1 aromatic rings. The van der Waals surface area contributed by atoms with Gasteiger partial charge in [-0.2, -0.15) is 0 Å². The Bertz CT molecular complexity index is 551. The lowest BCUT2D eigenvalue weighted by Gasteiger charge is -2.29. The lowest BCUT2D eigenvalue weighted by atomic mass is 9.87. The van der Waals surface area contributed by atoms with Crippen LogP contribution in [-0.4, -0.2) is 25.5 Å². The largest absolute Gasteiger partial charge is 0.363 e. The summed E-state index contributed by atoms with van der Waals surface area (Å²) in [6, 6.07) is 2.15. The molecule has 6 heteroatoms. The quantitative estimate of drug-likeness (QED) is 0.755. The van der Waals surface area contributed by atoms with Crippen molar-refractivity contribution in [3.63, 3.8) is 0 Å². The smallest absolute Gasteiger partial charge is 0.242 e. The van der Waals surface area contributed by atoms with Gasteiger partial charge in [0.15, 0.2) is 0 Å². The van der Waals surface area contributed by atoms with E-state index in [4.69, 9.17) is 0 Å². The first kappa shape index (κ1) is 16.5. The van der Waals surface area contributed by atoms with E-state index in [1.165, 1.54) is 6.42 Å². The summed E-state index contributed by atoms with van der Waals surface area (Å²) in [4.78, 5) is 3.37. The Balaban J connectivity index is 2.02. The number of nitrogens with one attached hydrogen (secondary N) is 3. The van der Waals surface area contributed by atoms with Gasteiger partial charge in [0.25, 0.3) is 0 Å². The van der Waals surface area contributed by atoms with E-state index in [2.05, 4.69) is 35.8 Å². The third-order valence-corrected chi connectivity index (χ3v) is 5.61. The molecule has 0 radical (unpaired) electrons. The molecule has 0 saturated heterocycles. The highest BCUT2D eigenvalue weighted by atomic mass is 32.2. The Kier molecular flexibility index (Phi) is 5.46. The molecule has 5 nitrogen and oxygen atoms in total. The van der Waals surface area contributed by atoms with Gasteiger partial charge in [-0.1, -0.05) is 33.6 Å². The predicted octanol–water partition coefficient (Wildman–Crippen LogP) is 2.37. The van der Waals surface area contributed by atoms with Crippen LogP contribution in [0.25, 0.3) is 0 Å². The lowest BCUT2D eigenvalue weighted by molar-refractivity contribution is 0.310. The lowest BCUT2D eigenvalue weighted by Crippen LogP contribution is -2.40. The van der Waals surface area contributed by atoms with E-state index in [0.717, 1.165) is 25.0 Å². The van der Waals surface area contributed by atoms with Crippen LogP contribution in [0.4, 0.5) is 0 Å². The second kappa shape index (κ2) is 6.94. The van der Waals surface area contributed by atoms with Crippen molar-refractivity contribution < 1.29 is 8.42 Å². The third-order valence-electron chi connectivity index (χ3n) is 4.15. The highest BCUT2D eigenvalue weighted by molar-refractivity contribution is 7.89. The molecule has 1 heterocycles. The number of hydrogen-bond donors (Lipinski definition) is 3. The van der Waals surface area contributed by atoms with Gasteiger partial charge >= 0.3 is 0 Å². The first-order chi connectivity index (χ1) is 9.88. The van der Waals surface area contributed by atoms with Gasteiger partial charge in [-0.05, 0) is 24.8 Å². The molecular weight excluding hydrogens is 286 g/mol. The van der Waals surface area contributed by atoms with E-state index in [1.807, 2.05) is 0 Å². The maximum absolute atomic E-state index is 12.4. The minimum atomic E-state index is -3.42.